The summed E-state index contributed by atoms with van der Waals surface area (Å²) in [5.41, 5.74) is 7.84. The number of phenolic OH excluding ortho intramolecular Hbond substituents is 1. The van der Waals surface area contributed by atoms with Crippen LogP contribution in [0.5, 0.6) is 5.75 Å². The quantitative estimate of drug-likeness (QED) is 0.434. The normalized spacial score (nSPS) is 10.6. The van der Waals surface area contributed by atoms with E-state index in [-0.39, 0.29) is 12.4 Å². The van der Waals surface area contributed by atoms with Crippen molar-refractivity contribution >= 4 is 17.9 Å². The maximum absolute atomic E-state index is 11.5. The summed E-state index contributed by atoms with van der Waals surface area (Å²) in [5, 5.41) is 12.3. The van der Waals surface area contributed by atoms with Gasteiger partial charge in [-0.05, 0) is 30.2 Å². The topological polar surface area (TPSA) is 84.6 Å². The Labute approximate surface area is 135 Å². The second kappa shape index (κ2) is 8.48. The number of nitrogens with two attached hydrogens (primary N) is 1. The Morgan fingerprint density at radius 3 is 2.78 bits per heavy atom. The van der Waals surface area contributed by atoms with Crippen LogP contribution in [0, 0.1) is 0 Å². The fraction of sp³-hybridized carbons (Fsp3) is 0.167. The first kappa shape index (κ1) is 16.4. The van der Waals surface area contributed by atoms with E-state index in [0.29, 0.717) is 24.2 Å². The number of nitrogens with one attached hydrogen (secondary N) is 1. The van der Waals surface area contributed by atoms with Crippen molar-refractivity contribution in [2.24, 2.45) is 0 Å². The van der Waals surface area contributed by atoms with Crippen molar-refractivity contribution in [2.45, 2.75) is 13.0 Å². The summed E-state index contributed by atoms with van der Waals surface area (Å²) in [7, 11) is 0. The number of amides is 1. The van der Waals surface area contributed by atoms with Crippen LogP contribution in [-0.4, -0.2) is 17.7 Å². The van der Waals surface area contributed by atoms with Crippen molar-refractivity contribution in [3.05, 3.63) is 65.7 Å². The van der Waals surface area contributed by atoms with Gasteiger partial charge >= 0.3 is 6.09 Å². The average molecular weight is 312 g/mol. The lowest BCUT2D eigenvalue weighted by atomic mass is 10.1. The third kappa shape index (κ3) is 5.74. The smallest absolute Gasteiger partial charge is 0.407 e. The van der Waals surface area contributed by atoms with Gasteiger partial charge < -0.3 is 20.9 Å². The maximum Gasteiger partial charge on any atom is 0.407 e. The van der Waals surface area contributed by atoms with Gasteiger partial charge in [0.1, 0.15) is 12.4 Å². The molecule has 0 aromatic heterocycles. The van der Waals surface area contributed by atoms with Gasteiger partial charge in [0.05, 0.1) is 0 Å². The number of hydrogen-bond acceptors (Lipinski definition) is 4. The Balaban J connectivity index is 1.67. The molecule has 1 amide bonds. The lowest BCUT2D eigenvalue weighted by Gasteiger charge is -2.06. The molecule has 23 heavy (non-hydrogen) atoms. The molecule has 4 N–H and O–H groups in total. The molecule has 0 fully saturated rings. The number of ether oxygens (including phenoxy) is 1. The van der Waals surface area contributed by atoms with Gasteiger partial charge in [0.15, 0.2) is 0 Å². The predicted molar refractivity (Wildman–Crippen MR) is 90.8 cm³/mol. The lowest BCUT2D eigenvalue weighted by Crippen LogP contribution is -2.24. The van der Waals surface area contributed by atoms with E-state index in [2.05, 4.69) is 5.32 Å². The van der Waals surface area contributed by atoms with E-state index in [4.69, 9.17) is 10.5 Å². The van der Waals surface area contributed by atoms with Gasteiger partial charge in [0.25, 0.3) is 0 Å². The Morgan fingerprint density at radius 2 is 2.00 bits per heavy atom. The molecule has 120 valence electrons. The van der Waals surface area contributed by atoms with E-state index in [0.717, 1.165) is 5.56 Å². The third-order valence-corrected chi connectivity index (χ3v) is 3.14. The van der Waals surface area contributed by atoms with Crippen LogP contribution in [0.25, 0.3) is 6.08 Å². The summed E-state index contributed by atoms with van der Waals surface area (Å²) >= 11 is 0. The van der Waals surface area contributed by atoms with Gasteiger partial charge in [0.2, 0.25) is 0 Å². The molecule has 2 aromatic carbocycles. The molecule has 0 aliphatic rings. The first-order chi connectivity index (χ1) is 11.1. The highest BCUT2D eigenvalue weighted by Crippen LogP contribution is 2.21. The standard InChI is InChI=1S/C18H20N2O3/c19-16-9-10-17(21)15(12-16)8-4-5-11-20-18(22)23-13-14-6-2-1-3-7-14/h1-4,6-10,12,21H,5,11,13,19H2,(H,20,22). The molecular weight excluding hydrogens is 292 g/mol. The molecule has 2 aromatic rings. The summed E-state index contributed by atoms with van der Waals surface area (Å²) in [6.45, 7) is 0.701. The van der Waals surface area contributed by atoms with E-state index in [9.17, 15) is 9.90 Å². The number of benzene rings is 2. The average Bonchev–Trinajstić information content (AvgIpc) is 2.56. The van der Waals surface area contributed by atoms with Crippen LogP contribution in [0.1, 0.15) is 17.5 Å². The third-order valence-electron chi connectivity index (χ3n) is 3.14. The summed E-state index contributed by atoms with van der Waals surface area (Å²) < 4.78 is 5.10. The van der Waals surface area contributed by atoms with Crippen LogP contribution < -0.4 is 11.1 Å². The van der Waals surface area contributed by atoms with Crippen LogP contribution in [-0.2, 0) is 11.3 Å². The molecule has 5 heteroatoms. The highest BCUT2D eigenvalue weighted by Gasteiger charge is 2.01. The number of phenols is 1. The van der Waals surface area contributed by atoms with Crippen LogP contribution in [0.3, 0.4) is 0 Å². The van der Waals surface area contributed by atoms with Crippen LogP contribution >= 0.6 is 0 Å². The molecule has 0 atom stereocenters. The molecule has 0 aliphatic heterocycles. The molecule has 0 bridgehead atoms. The summed E-state index contributed by atoms with van der Waals surface area (Å²) in [5.74, 6) is 0.172. The molecule has 0 unspecified atom stereocenters. The van der Waals surface area contributed by atoms with Gasteiger partial charge in [-0.25, -0.2) is 4.79 Å². The minimum absolute atomic E-state index is 0.172. The SMILES string of the molecule is Nc1ccc(O)c(C=CCCNC(=O)OCc2ccccc2)c1. The summed E-state index contributed by atoms with van der Waals surface area (Å²) in [4.78, 5) is 11.5. The predicted octanol–water partition coefficient (Wildman–Crippen LogP) is 3.30. The Hall–Kier alpha value is -2.95. The van der Waals surface area contributed by atoms with E-state index >= 15 is 0 Å². The van der Waals surface area contributed by atoms with Crippen molar-refractivity contribution in [3.63, 3.8) is 0 Å². The van der Waals surface area contributed by atoms with Crippen molar-refractivity contribution in [1.29, 1.82) is 0 Å². The van der Waals surface area contributed by atoms with Crippen molar-refractivity contribution in [1.82, 2.24) is 5.32 Å². The van der Waals surface area contributed by atoms with Crippen molar-refractivity contribution < 1.29 is 14.6 Å². The van der Waals surface area contributed by atoms with Gasteiger partial charge in [-0.3, -0.25) is 0 Å². The van der Waals surface area contributed by atoms with Gasteiger partial charge in [-0.2, -0.15) is 0 Å². The van der Waals surface area contributed by atoms with Crippen LogP contribution in [0.2, 0.25) is 0 Å². The highest BCUT2D eigenvalue weighted by molar-refractivity contribution is 5.67. The number of hydrogen-bond donors (Lipinski definition) is 3. The number of aromatic hydroxyl groups is 1. The van der Waals surface area contributed by atoms with E-state index in [1.54, 1.807) is 24.3 Å². The van der Waals surface area contributed by atoms with Gasteiger partial charge in [0, 0.05) is 17.8 Å². The van der Waals surface area contributed by atoms with E-state index in [1.165, 1.54) is 0 Å². The molecule has 5 nitrogen and oxygen atoms in total. The Bertz CT molecular complexity index is 669. The number of alkyl carbamates (subject to hydrolysis) is 1. The first-order valence-corrected chi connectivity index (χ1v) is 7.35. The second-order valence-electron chi connectivity index (χ2n) is 5.00. The molecule has 0 radical (unpaired) electrons. The number of nitrogen functional groups attached to an aromatic ring is 1. The zero-order valence-corrected chi connectivity index (χ0v) is 12.7. The zero-order valence-electron chi connectivity index (χ0n) is 12.7. The largest absolute Gasteiger partial charge is 0.507 e. The number of anilines is 1. The number of rotatable bonds is 6. The second-order valence-corrected chi connectivity index (χ2v) is 5.00. The molecule has 0 heterocycles. The highest BCUT2D eigenvalue weighted by atomic mass is 16.5. The summed E-state index contributed by atoms with van der Waals surface area (Å²) in [6.07, 6.45) is 3.79. The molecule has 2 rings (SSSR count). The molecular formula is C18H20N2O3. The summed E-state index contributed by atoms with van der Waals surface area (Å²) in [6, 6.07) is 14.4. The van der Waals surface area contributed by atoms with Gasteiger partial charge in [-0.1, -0.05) is 42.5 Å². The molecule has 0 spiro atoms. The molecule has 0 saturated carbocycles. The Kier molecular flexibility index (Phi) is 6.06. The molecule has 0 aliphatic carbocycles. The van der Waals surface area contributed by atoms with Crippen LogP contribution in [0.4, 0.5) is 10.5 Å². The number of carbonyl (C=O) groups excluding carboxylic acids is 1. The number of carbonyl (C=O) groups is 1. The van der Waals surface area contributed by atoms with Crippen LogP contribution in [0.15, 0.2) is 54.6 Å². The van der Waals surface area contributed by atoms with E-state index < -0.39 is 6.09 Å². The monoisotopic (exact) mass is 312 g/mol. The first-order valence-electron chi connectivity index (χ1n) is 7.35. The van der Waals surface area contributed by atoms with Crippen molar-refractivity contribution in [2.75, 3.05) is 12.3 Å². The fourth-order valence-electron chi connectivity index (χ4n) is 1.95. The maximum atomic E-state index is 11.5. The zero-order chi connectivity index (χ0) is 16.5. The van der Waals surface area contributed by atoms with Gasteiger partial charge in [-0.15, -0.1) is 0 Å². The Morgan fingerprint density at radius 1 is 1.22 bits per heavy atom. The van der Waals surface area contributed by atoms with Crippen molar-refractivity contribution in [3.8, 4) is 5.75 Å². The lowest BCUT2D eigenvalue weighted by molar-refractivity contribution is 0.140. The van der Waals surface area contributed by atoms with E-state index in [1.807, 2.05) is 36.4 Å². The molecule has 0 saturated heterocycles. The minimum atomic E-state index is -0.450. The minimum Gasteiger partial charge on any atom is -0.507 e. The fourth-order valence-corrected chi connectivity index (χ4v) is 1.95.